The number of benzene rings is 1. The Morgan fingerprint density at radius 3 is 2.63 bits per heavy atom. The lowest BCUT2D eigenvalue weighted by Crippen LogP contribution is -2.24. The van der Waals surface area contributed by atoms with Crippen LogP contribution < -0.4 is 0 Å². The monoisotopic (exact) mass is 404 g/mol. The van der Waals surface area contributed by atoms with Gasteiger partial charge in [-0.25, -0.2) is 12.4 Å². The predicted octanol–water partition coefficient (Wildman–Crippen LogP) is 3.98. The highest BCUT2D eigenvalue weighted by atomic mass is 35.5. The minimum atomic E-state index is -4.08. The van der Waals surface area contributed by atoms with E-state index in [1.165, 1.54) is 25.3 Å². The molecule has 2 heterocycles. The molecule has 2 aromatic heterocycles. The number of carboxylic acids is 1. The SMILES string of the molecule is C=CC(c1ccccn1)S(=O)(=O)n1c(C(C)C(=O)O)cc2cc(Cl)ccc21. The Hall–Kier alpha value is -2.64. The topological polar surface area (TPSA) is 89.3 Å². The Bertz CT molecular complexity index is 1120. The summed E-state index contributed by atoms with van der Waals surface area (Å²) in [6, 6.07) is 11.2. The van der Waals surface area contributed by atoms with E-state index in [0.717, 1.165) is 3.97 Å². The molecule has 27 heavy (non-hydrogen) atoms. The second-order valence-electron chi connectivity index (χ2n) is 6.05. The fourth-order valence-corrected chi connectivity index (χ4v) is 4.99. The van der Waals surface area contributed by atoms with E-state index in [1.54, 1.807) is 36.4 Å². The first-order chi connectivity index (χ1) is 12.8. The lowest BCUT2D eigenvalue weighted by atomic mass is 10.1. The number of halogens is 1. The fraction of sp³-hybridized carbons (Fsp3) is 0.158. The molecule has 0 saturated heterocycles. The average Bonchev–Trinajstić information content (AvgIpc) is 3.01. The van der Waals surface area contributed by atoms with Crippen LogP contribution in [-0.4, -0.2) is 28.5 Å². The summed E-state index contributed by atoms with van der Waals surface area (Å²) < 4.78 is 28.1. The minimum Gasteiger partial charge on any atom is -0.481 e. The highest BCUT2D eigenvalue weighted by Gasteiger charge is 2.33. The first-order valence-electron chi connectivity index (χ1n) is 8.09. The highest BCUT2D eigenvalue weighted by molar-refractivity contribution is 7.90. The van der Waals surface area contributed by atoms with Crippen molar-refractivity contribution < 1.29 is 18.3 Å². The molecular weight excluding hydrogens is 388 g/mol. The van der Waals surface area contributed by atoms with Crippen molar-refractivity contribution in [1.82, 2.24) is 8.96 Å². The van der Waals surface area contributed by atoms with Crippen LogP contribution in [0.5, 0.6) is 0 Å². The van der Waals surface area contributed by atoms with Crippen molar-refractivity contribution >= 4 is 38.5 Å². The van der Waals surface area contributed by atoms with Crippen LogP contribution in [0, 0.1) is 0 Å². The van der Waals surface area contributed by atoms with Gasteiger partial charge in [0.15, 0.2) is 0 Å². The number of carboxylic acid groups (broad SMARTS) is 1. The number of aromatic nitrogens is 2. The zero-order valence-corrected chi connectivity index (χ0v) is 16.0. The van der Waals surface area contributed by atoms with Crippen LogP contribution in [0.15, 0.2) is 61.3 Å². The Balaban J connectivity index is 2.32. The molecule has 0 saturated carbocycles. The number of hydrogen-bond acceptors (Lipinski definition) is 4. The van der Waals surface area contributed by atoms with E-state index >= 15 is 0 Å². The Labute approximate surface area is 161 Å². The van der Waals surface area contributed by atoms with E-state index in [4.69, 9.17) is 11.6 Å². The summed E-state index contributed by atoms with van der Waals surface area (Å²) in [6.45, 7) is 5.09. The van der Waals surface area contributed by atoms with E-state index in [1.807, 2.05) is 0 Å². The predicted molar refractivity (Wildman–Crippen MR) is 104 cm³/mol. The average molecular weight is 405 g/mol. The fourth-order valence-electron chi connectivity index (χ4n) is 2.95. The maximum absolute atomic E-state index is 13.5. The van der Waals surface area contributed by atoms with Gasteiger partial charge in [0.1, 0.15) is 5.25 Å². The molecule has 0 aliphatic rings. The van der Waals surface area contributed by atoms with Crippen molar-refractivity contribution in [2.75, 3.05) is 0 Å². The third-order valence-corrected chi connectivity index (χ3v) is 6.56. The first kappa shape index (κ1) is 19.1. The van der Waals surface area contributed by atoms with Crippen LogP contribution in [0.3, 0.4) is 0 Å². The van der Waals surface area contributed by atoms with Crippen LogP contribution in [0.25, 0.3) is 10.9 Å². The zero-order chi connectivity index (χ0) is 19.8. The Morgan fingerprint density at radius 2 is 2.04 bits per heavy atom. The van der Waals surface area contributed by atoms with Crippen LogP contribution in [-0.2, 0) is 14.8 Å². The minimum absolute atomic E-state index is 0.141. The standard InChI is InChI=1S/C19H17ClN2O4S/c1-3-18(15-6-4-5-9-21-15)27(25,26)22-16-8-7-14(20)10-13(16)11-17(22)12(2)19(23)24/h3-12,18H,1H2,2H3,(H,23,24). The molecule has 0 fully saturated rings. The zero-order valence-electron chi connectivity index (χ0n) is 14.4. The third-order valence-electron chi connectivity index (χ3n) is 4.33. The Morgan fingerprint density at radius 1 is 1.30 bits per heavy atom. The maximum atomic E-state index is 13.5. The van der Waals surface area contributed by atoms with Crippen LogP contribution >= 0.6 is 11.6 Å². The van der Waals surface area contributed by atoms with Gasteiger partial charge in [-0.05, 0) is 43.3 Å². The van der Waals surface area contributed by atoms with Crippen LogP contribution in [0.1, 0.15) is 29.5 Å². The molecule has 3 rings (SSSR count). The first-order valence-corrected chi connectivity index (χ1v) is 9.97. The number of nitrogens with zero attached hydrogens (tertiary/aromatic N) is 2. The normalized spacial score (nSPS) is 14.0. The molecule has 0 amide bonds. The smallest absolute Gasteiger partial charge is 0.312 e. The van der Waals surface area contributed by atoms with Gasteiger partial charge in [-0.2, -0.15) is 0 Å². The molecule has 2 unspecified atom stereocenters. The molecule has 3 aromatic rings. The van der Waals surface area contributed by atoms with Gasteiger partial charge in [0, 0.05) is 22.3 Å². The van der Waals surface area contributed by atoms with Gasteiger partial charge in [-0.1, -0.05) is 23.7 Å². The quantitative estimate of drug-likeness (QED) is 0.627. The van der Waals surface area contributed by atoms with Crippen molar-refractivity contribution in [2.45, 2.75) is 18.1 Å². The largest absolute Gasteiger partial charge is 0.481 e. The lowest BCUT2D eigenvalue weighted by molar-refractivity contribution is -0.138. The van der Waals surface area contributed by atoms with Gasteiger partial charge in [0.25, 0.3) is 10.0 Å². The third kappa shape index (κ3) is 3.36. The van der Waals surface area contributed by atoms with Gasteiger partial charge in [0.05, 0.1) is 17.1 Å². The summed E-state index contributed by atoms with van der Waals surface area (Å²) in [6.07, 6.45) is 2.78. The van der Waals surface area contributed by atoms with E-state index in [-0.39, 0.29) is 5.69 Å². The van der Waals surface area contributed by atoms with Crippen molar-refractivity contribution in [3.8, 4) is 0 Å². The number of hydrogen-bond donors (Lipinski definition) is 1. The van der Waals surface area contributed by atoms with E-state index < -0.39 is 27.2 Å². The number of carbonyl (C=O) groups is 1. The van der Waals surface area contributed by atoms with E-state index in [0.29, 0.717) is 21.6 Å². The summed E-state index contributed by atoms with van der Waals surface area (Å²) in [4.78, 5) is 15.7. The highest BCUT2D eigenvalue weighted by Crippen LogP contribution is 2.34. The molecule has 0 aliphatic heterocycles. The van der Waals surface area contributed by atoms with Crippen molar-refractivity contribution in [1.29, 1.82) is 0 Å². The van der Waals surface area contributed by atoms with Crippen molar-refractivity contribution in [3.05, 3.63) is 77.7 Å². The van der Waals surface area contributed by atoms with Gasteiger partial charge in [-0.3, -0.25) is 9.78 Å². The molecule has 6 nitrogen and oxygen atoms in total. The molecule has 0 aliphatic carbocycles. The van der Waals surface area contributed by atoms with E-state index in [9.17, 15) is 18.3 Å². The molecule has 0 spiro atoms. The lowest BCUT2D eigenvalue weighted by Gasteiger charge is -2.19. The second-order valence-corrected chi connectivity index (χ2v) is 8.39. The summed E-state index contributed by atoms with van der Waals surface area (Å²) >= 11 is 6.02. The van der Waals surface area contributed by atoms with Crippen molar-refractivity contribution in [3.63, 3.8) is 0 Å². The second kappa shape index (κ2) is 7.17. The van der Waals surface area contributed by atoms with Gasteiger partial charge < -0.3 is 5.11 Å². The number of pyridine rings is 1. The molecule has 8 heteroatoms. The molecule has 1 aromatic carbocycles. The Kier molecular flexibility index (Phi) is 5.08. The maximum Gasteiger partial charge on any atom is 0.312 e. The number of fused-ring (bicyclic) bond motifs is 1. The van der Waals surface area contributed by atoms with Gasteiger partial charge in [0.2, 0.25) is 0 Å². The van der Waals surface area contributed by atoms with Crippen LogP contribution in [0.2, 0.25) is 5.02 Å². The molecule has 2 atom stereocenters. The van der Waals surface area contributed by atoms with Gasteiger partial charge in [-0.15, -0.1) is 6.58 Å². The molecule has 0 radical (unpaired) electrons. The molecule has 140 valence electrons. The molecule has 1 N–H and O–H groups in total. The van der Waals surface area contributed by atoms with E-state index in [2.05, 4.69) is 11.6 Å². The molecular formula is C19H17ClN2O4S. The number of aliphatic carboxylic acids is 1. The summed E-state index contributed by atoms with van der Waals surface area (Å²) in [5, 5.41) is 9.28. The summed E-state index contributed by atoms with van der Waals surface area (Å²) in [7, 11) is -4.08. The molecule has 0 bridgehead atoms. The summed E-state index contributed by atoms with van der Waals surface area (Å²) in [5.41, 5.74) is 0.796. The number of rotatable bonds is 6. The van der Waals surface area contributed by atoms with Crippen molar-refractivity contribution in [2.24, 2.45) is 0 Å². The van der Waals surface area contributed by atoms with Gasteiger partial charge >= 0.3 is 5.97 Å². The van der Waals surface area contributed by atoms with Crippen LogP contribution in [0.4, 0.5) is 0 Å². The summed E-state index contributed by atoms with van der Waals surface area (Å²) in [5.74, 6) is -2.17.